The monoisotopic (exact) mass is 295 g/mol. The van der Waals surface area contributed by atoms with Crippen LogP contribution < -0.4 is 0 Å². The molecule has 21 heavy (non-hydrogen) atoms. The van der Waals surface area contributed by atoms with E-state index in [1.54, 1.807) is 24.0 Å². The smallest absolute Gasteiger partial charge is 0.308 e. The number of esters is 1. The summed E-state index contributed by atoms with van der Waals surface area (Å²) in [5.74, 6) is -1.04. The van der Waals surface area contributed by atoms with Crippen molar-refractivity contribution in [3.8, 4) is 0 Å². The van der Waals surface area contributed by atoms with E-state index in [-0.39, 0.29) is 24.4 Å². The van der Waals surface area contributed by atoms with Gasteiger partial charge in [0, 0.05) is 18.7 Å². The van der Waals surface area contributed by atoms with Crippen LogP contribution in [0.2, 0.25) is 0 Å². The van der Waals surface area contributed by atoms with Crippen LogP contribution in [0.1, 0.15) is 22.3 Å². The minimum Gasteiger partial charge on any atom is -0.469 e. The van der Waals surface area contributed by atoms with E-state index < -0.39 is 5.82 Å². The Morgan fingerprint density at radius 3 is 2.90 bits per heavy atom. The van der Waals surface area contributed by atoms with Crippen LogP contribution in [0.4, 0.5) is 4.39 Å². The third-order valence-electron chi connectivity index (χ3n) is 3.47. The molecule has 1 aliphatic heterocycles. The summed E-state index contributed by atoms with van der Waals surface area (Å²) in [5.41, 5.74) is 0.800. The van der Waals surface area contributed by atoms with Gasteiger partial charge in [0.1, 0.15) is 5.82 Å². The zero-order valence-electron chi connectivity index (χ0n) is 12.1. The molecular weight excluding hydrogens is 277 g/mol. The van der Waals surface area contributed by atoms with Crippen LogP contribution in [0, 0.1) is 12.7 Å². The number of carbonyl (C=O) groups is 2. The van der Waals surface area contributed by atoms with Crippen molar-refractivity contribution in [2.24, 2.45) is 0 Å². The minimum atomic E-state index is -0.403. The summed E-state index contributed by atoms with van der Waals surface area (Å²) in [7, 11) is 1.31. The second kappa shape index (κ2) is 6.67. The molecule has 1 heterocycles. The molecule has 1 fully saturated rings. The first kappa shape index (κ1) is 15.4. The van der Waals surface area contributed by atoms with E-state index in [0.29, 0.717) is 30.8 Å². The number of ether oxygens (including phenoxy) is 2. The summed E-state index contributed by atoms with van der Waals surface area (Å²) >= 11 is 0. The van der Waals surface area contributed by atoms with E-state index in [1.807, 2.05) is 0 Å². The highest BCUT2D eigenvalue weighted by molar-refractivity contribution is 5.94. The lowest BCUT2D eigenvalue weighted by atomic mass is 10.1. The Morgan fingerprint density at radius 2 is 2.24 bits per heavy atom. The second-order valence-corrected chi connectivity index (χ2v) is 4.99. The van der Waals surface area contributed by atoms with E-state index in [2.05, 4.69) is 4.74 Å². The van der Waals surface area contributed by atoms with Crippen molar-refractivity contribution in [2.45, 2.75) is 19.4 Å². The molecule has 0 saturated carbocycles. The van der Waals surface area contributed by atoms with E-state index in [9.17, 15) is 14.0 Å². The standard InChI is InChI=1S/C15H18FNO4/c1-10-3-4-11(7-13(10)16)15(19)17-5-6-21-12(9-17)8-14(18)20-2/h3-4,7,12H,5-6,8-9H2,1-2H3. The van der Waals surface area contributed by atoms with Gasteiger partial charge in [0.15, 0.2) is 0 Å². The van der Waals surface area contributed by atoms with E-state index >= 15 is 0 Å². The molecule has 5 nitrogen and oxygen atoms in total. The summed E-state index contributed by atoms with van der Waals surface area (Å²) in [4.78, 5) is 25.2. The number of amides is 1. The maximum Gasteiger partial charge on any atom is 0.308 e. The fraction of sp³-hybridized carbons (Fsp3) is 0.467. The van der Waals surface area contributed by atoms with Gasteiger partial charge in [0.05, 0.1) is 26.2 Å². The molecule has 0 N–H and O–H groups in total. The van der Waals surface area contributed by atoms with Gasteiger partial charge in [-0.1, -0.05) is 6.07 Å². The molecule has 2 rings (SSSR count). The Labute approximate surface area is 122 Å². The molecule has 0 spiro atoms. The largest absolute Gasteiger partial charge is 0.469 e. The van der Waals surface area contributed by atoms with Crippen molar-refractivity contribution in [1.29, 1.82) is 0 Å². The first-order chi connectivity index (χ1) is 10.0. The Hall–Kier alpha value is -1.95. The third kappa shape index (κ3) is 3.78. The van der Waals surface area contributed by atoms with Crippen LogP contribution in [-0.2, 0) is 14.3 Å². The first-order valence-corrected chi connectivity index (χ1v) is 6.75. The Morgan fingerprint density at radius 1 is 1.48 bits per heavy atom. The molecule has 0 radical (unpaired) electrons. The second-order valence-electron chi connectivity index (χ2n) is 4.99. The van der Waals surface area contributed by atoms with Crippen LogP contribution in [0.15, 0.2) is 18.2 Å². The molecule has 0 bridgehead atoms. The van der Waals surface area contributed by atoms with Gasteiger partial charge in [-0.05, 0) is 24.6 Å². The summed E-state index contributed by atoms with van der Waals surface area (Å²) in [6, 6.07) is 4.42. The summed E-state index contributed by atoms with van der Waals surface area (Å²) in [6.45, 7) is 2.71. The molecule has 1 saturated heterocycles. The van der Waals surface area contributed by atoms with Crippen molar-refractivity contribution in [1.82, 2.24) is 4.90 Å². The minimum absolute atomic E-state index is 0.0997. The number of benzene rings is 1. The van der Waals surface area contributed by atoms with E-state index in [1.165, 1.54) is 13.2 Å². The molecule has 1 unspecified atom stereocenters. The number of hydrogen-bond acceptors (Lipinski definition) is 4. The van der Waals surface area contributed by atoms with Crippen LogP contribution in [0.3, 0.4) is 0 Å². The normalized spacial score (nSPS) is 18.4. The summed E-state index contributed by atoms with van der Waals surface area (Å²) in [6.07, 6.45) is -0.284. The molecule has 1 aromatic carbocycles. The van der Waals surface area contributed by atoms with Gasteiger partial charge in [-0.15, -0.1) is 0 Å². The highest BCUT2D eigenvalue weighted by Gasteiger charge is 2.27. The Bertz CT molecular complexity index is 546. The molecule has 0 aliphatic carbocycles. The van der Waals surface area contributed by atoms with Crippen molar-refractivity contribution in [3.05, 3.63) is 35.1 Å². The number of aryl methyl sites for hydroxylation is 1. The third-order valence-corrected chi connectivity index (χ3v) is 3.47. The quantitative estimate of drug-likeness (QED) is 0.794. The van der Waals surface area contributed by atoms with Gasteiger partial charge < -0.3 is 14.4 Å². The first-order valence-electron chi connectivity index (χ1n) is 6.75. The SMILES string of the molecule is COC(=O)CC1CN(C(=O)c2ccc(C)c(F)c2)CCO1. The number of nitrogens with zero attached hydrogens (tertiary/aromatic N) is 1. The van der Waals surface area contributed by atoms with Gasteiger partial charge >= 0.3 is 5.97 Å². The molecular formula is C15H18FNO4. The van der Waals surface area contributed by atoms with Crippen LogP contribution in [0.5, 0.6) is 0 Å². The number of morpholine rings is 1. The summed E-state index contributed by atoms with van der Waals surface area (Å²) in [5, 5.41) is 0. The van der Waals surface area contributed by atoms with Gasteiger partial charge in [-0.2, -0.15) is 0 Å². The number of methoxy groups -OCH3 is 1. The maximum absolute atomic E-state index is 13.5. The molecule has 1 aromatic rings. The number of rotatable bonds is 3. The van der Waals surface area contributed by atoms with Gasteiger partial charge in [-0.25, -0.2) is 4.39 Å². The zero-order chi connectivity index (χ0) is 15.4. The van der Waals surface area contributed by atoms with Crippen LogP contribution >= 0.6 is 0 Å². The molecule has 114 valence electrons. The maximum atomic E-state index is 13.5. The fourth-order valence-electron chi connectivity index (χ4n) is 2.20. The molecule has 1 amide bonds. The predicted octanol–water partition coefficient (Wildman–Crippen LogP) is 1.54. The van der Waals surface area contributed by atoms with Crippen molar-refractivity contribution >= 4 is 11.9 Å². The number of halogens is 1. The molecule has 1 aliphatic rings. The van der Waals surface area contributed by atoms with E-state index in [4.69, 9.17) is 4.74 Å². The lowest BCUT2D eigenvalue weighted by Gasteiger charge is -2.32. The Balaban J connectivity index is 2.04. The Kier molecular flexibility index (Phi) is 4.90. The molecule has 0 aromatic heterocycles. The fourth-order valence-corrected chi connectivity index (χ4v) is 2.20. The van der Waals surface area contributed by atoms with Crippen molar-refractivity contribution in [2.75, 3.05) is 26.8 Å². The van der Waals surface area contributed by atoms with Gasteiger partial charge in [0.2, 0.25) is 0 Å². The topological polar surface area (TPSA) is 55.8 Å². The number of carbonyl (C=O) groups excluding carboxylic acids is 2. The van der Waals surface area contributed by atoms with E-state index in [0.717, 1.165) is 0 Å². The average molecular weight is 295 g/mol. The highest BCUT2D eigenvalue weighted by Crippen LogP contribution is 2.15. The van der Waals surface area contributed by atoms with Crippen LogP contribution in [-0.4, -0.2) is 49.7 Å². The lowest BCUT2D eigenvalue weighted by Crippen LogP contribution is -2.46. The van der Waals surface area contributed by atoms with Gasteiger partial charge in [0.25, 0.3) is 5.91 Å². The zero-order valence-corrected chi connectivity index (χ0v) is 12.1. The van der Waals surface area contributed by atoms with Crippen molar-refractivity contribution in [3.63, 3.8) is 0 Å². The number of hydrogen-bond donors (Lipinski definition) is 0. The van der Waals surface area contributed by atoms with Gasteiger partial charge in [-0.3, -0.25) is 9.59 Å². The predicted molar refractivity (Wildman–Crippen MR) is 73.4 cm³/mol. The molecule has 1 atom stereocenters. The average Bonchev–Trinajstić information content (AvgIpc) is 2.49. The highest BCUT2D eigenvalue weighted by atomic mass is 19.1. The molecule has 6 heteroatoms. The van der Waals surface area contributed by atoms with Crippen molar-refractivity contribution < 1.29 is 23.5 Å². The van der Waals surface area contributed by atoms with Crippen LogP contribution in [0.25, 0.3) is 0 Å². The summed E-state index contributed by atoms with van der Waals surface area (Å²) < 4.78 is 23.6. The lowest BCUT2D eigenvalue weighted by molar-refractivity contribution is -0.145.